The van der Waals surface area contributed by atoms with Crippen LogP contribution in [0.1, 0.15) is 16.1 Å². The molecule has 1 aromatic heterocycles. The number of halogens is 5. The number of aryl methyl sites for hydroxylation is 1. The Labute approximate surface area is 112 Å². The molecule has 0 fully saturated rings. The lowest BCUT2D eigenvalue weighted by Crippen LogP contribution is -2.51. The zero-order valence-electron chi connectivity index (χ0n) is 9.96. The SMILES string of the molecule is Cc1nsc(N(C)C(=O)C(F)(F)C(F)(F)F)c1C(=O)O. The van der Waals surface area contributed by atoms with Crippen molar-refractivity contribution in [3.05, 3.63) is 11.3 Å². The van der Waals surface area contributed by atoms with Crippen molar-refractivity contribution in [2.24, 2.45) is 0 Å². The number of aromatic nitrogens is 1. The minimum atomic E-state index is -6.07. The zero-order chi connectivity index (χ0) is 15.9. The normalized spacial score (nSPS) is 12.3. The topological polar surface area (TPSA) is 70.5 Å². The minimum Gasteiger partial charge on any atom is -0.478 e. The van der Waals surface area contributed by atoms with Gasteiger partial charge in [-0.25, -0.2) is 4.79 Å². The molecule has 112 valence electrons. The number of rotatable bonds is 3. The molecular weight excluding hydrogens is 311 g/mol. The summed E-state index contributed by atoms with van der Waals surface area (Å²) in [6.07, 6.45) is -6.07. The van der Waals surface area contributed by atoms with E-state index in [1.165, 1.54) is 6.92 Å². The molecule has 1 N–H and O–H groups in total. The van der Waals surface area contributed by atoms with Crippen LogP contribution in [-0.2, 0) is 4.79 Å². The van der Waals surface area contributed by atoms with Crippen LogP contribution in [0, 0.1) is 6.92 Å². The van der Waals surface area contributed by atoms with E-state index in [4.69, 9.17) is 5.11 Å². The van der Waals surface area contributed by atoms with Gasteiger partial charge in [0.15, 0.2) is 0 Å². The highest BCUT2D eigenvalue weighted by molar-refractivity contribution is 7.11. The van der Waals surface area contributed by atoms with Crippen molar-refractivity contribution in [3.63, 3.8) is 0 Å². The average Bonchev–Trinajstić information content (AvgIpc) is 2.67. The Morgan fingerprint density at radius 1 is 1.25 bits per heavy atom. The second-order valence-corrected chi connectivity index (χ2v) is 4.44. The second kappa shape index (κ2) is 4.96. The lowest BCUT2D eigenvalue weighted by molar-refractivity contribution is -0.268. The summed E-state index contributed by atoms with van der Waals surface area (Å²) in [4.78, 5) is 22.1. The van der Waals surface area contributed by atoms with E-state index < -0.39 is 34.5 Å². The third-order valence-electron chi connectivity index (χ3n) is 2.29. The third kappa shape index (κ3) is 2.57. The highest BCUT2D eigenvalue weighted by Gasteiger charge is 2.64. The molecule has 1 rings (SSSR count). The maximum atomic E-state index is 12.9. The highest BCUT2D eigenvalue weighted by atomic mass is 32.1. The monoisotopic (exact) mass is 318 g/mol. The fourth-order valence-corrected chi connectivity index (χ4v) is 2.10. The summed E-state index contributed by atoms with van der Waals surface area (Å²) in [5.74, 6) is -9.77. The molecular formula is C9H7F5N2O3S. The van der Waals surface area contributed by atoms with Crippen molar-refractivity contribution < 1.29 is 36.6 Å². The van der Waals surface area contributed by atoms with Gasteiger partial charge in [-0.3, -0.25) is 9.69 Å². The predicted octanol–water partition coefficient (Wildman–Crippen LogP) is 2.31. The molecule has 0 saturated carbocycles. The van der Waals surface area contributed by atoms with Gasteiger partial charge in [-0.05, 0) is 18.5 Å². The van der Waals surface area contributed by atoms with Crippen molar-refractivity contribution in [3.8, 4) is 0 Å². The maximum absolute atomic E-state index is 12.9. The van der Waals surface area contributed by atoms with Crippen molar-refractivity contribution in [2.75, 3.05) is 11.9 Å². The van der Waals surface area contributed by atoms with Gasteiger partial charge in [0.2, 0.25) is 0 Å². The molecule has 0 aliphatic rings. The molecule has 0 aliphatic carbocycles. The number of alkyl halides is 5. The predicted molar refractivity (Wildman–Crippen MR) is 58.2 cm³/mol. The second-order valence-electron chi connectivity index (χ2n) is 3.69. The number of aromatic carboxylic acids is 1. The van der Waals surface area contributed by atoms with Crippen LogP contribution in [0.5, 0.6) is 0 Å². The van der Waals surface area contributed by atoms with E-state index in [1.807, 2.05) is 0 Å². The molecule has 11 heteroatoms. The molecule has 0 spiro atoms. The molecule has 0 unspecified atom stereocenters. The Kier molecular flexibility index (Phi) is 4.04. The van der Waals surface area contributed by atoms with Crippen LogP contribution >= 0.6 is 11.5 Å². The van der Waals surface area contributed by atoms with E-state index in [2.05, 4.69) is 4.37 Å². The molecule has 1 amide bonds. The maximum Gasteiger partial charge on any atom is 0.463 e. The summed E-state index contributed by atoms with van der Waals surface area (Å²) < 4.78 is 65.7. The average molecular weight is 318 g/mol. The smallest absolute Gasteiger partial charge is 0.463 e. The van der Waals surface area contributed by atoms with Gasteiger partial charge in [-0.1, -0.05) is 0 Å². The Morgan fingerprint density at radius 3 is 2.15 bits per heavy atom. The van der Waals surface area contributed by atoms with Gasteiger partial charge >= 0.3 is 24.0 Å². The molecule has 1 heterocycles. The van der Waals surface area contributed by atoms with Gasteiger partial charge in [0.25, 0.3) is 0 Å². The number of amides is 1. The van der Waals surface area contributed by atoms with Gasteiger partial charge < -0.3 is 5.11 Å². The molecule has 0 saturated heterocycles. The largest absolute Gasteiger partial charge is 0.478 e. The van der Waals surface area contributed by atoms with E-state index in [9.17, 15) is 31.5 Å². The summed E-state index contributed by atoms with van der Waals surface area (Å²) >= 11 is 0.341. The van der Waals surface area contributed by atoms with Gasteiger partial charge in [0.05, 0.1) is 5.69 Å². The fraction of sp³-hybridized carbons (Fsp3) is 0.444. The van der Waals surface area contributed by atoms with Crippen LogP contribution in [0.25, 0.3) is 0 Å². The van der Waals surface area contributed by atoms with Gasteiger partial charge in [-0.2, -0.15) is 26.3 Å². The number of carbonyl (C=O) groups excluding carboxylic acids is 1. The molecule has 0 atom stereocenters. The lowest BCUT2D eigenvalue weighted by atomic mass is 10.2. The van der Waals surface area contributed by atoms with Gasteiger partial charge in [0, 0.05) is 7.05 Å². The Bertz CT molecular complexity index is 554. The van der Waals surface area contributed by atoms with Crippen molar-refractivity contribution in [1.29, 1.82) is 0 Å². The summed E-state index contributed by atoms with van der Waals surface area (Å²) in [7, 11) is 0.626. The first-order valence-electron chi connectivity index (χ1n) is 4.83. The van der Waals surface area contributed by atoms with E-state index in [0.29, 0.717) is 18.6 Å². The number of anilines is 1. The highest BCUT2D eigenvalue weighted by Crippen LogP contribution is 2.39. The van der Waals surface area contributed by atoms with E-state index in [-0.39, 0.29) is 10.6 Å². The van der Waals surface area contributed by atoms with Gasteiger partial charge in [-0.15, -0.1) is 0 Å². The first-order valence-corrected chi connectivity index (χ1v) is 5.60. The standard InChI is InChI=1S/C9H7F5N2O3S/c1-3-4(6(17)18)5(20-15-3)16(2)7(19)8(10,11)9(12,13)14/h1-2H3,(H,17,18). The number of hydrogen-bond acceptors (Lipinski definition) is 4. The van der Waals surface area contributed by atoms with Crippen molar-refractivity contribution >= 4 is 28.4 Å². The van der Waals surface area contributed by atoms with Crippen LogP contribution in [0.15, 0.2) is 0 Å². The fourth-order valence-electron chi connectivity index (χ4n) is 1.26. The van der Waals surface area contributed by atoms with Crippen LogP contribution in [0.2, 0.25) is 0 Å². The van der Waals surface area contributed by atoms with Crippen LogP contribution < -0.4 is 4.90 Å². The third-order valence-corrected chi connectivity index (χ3v) is 3.31. The Morgan fingerprint density at radius 2 is 1.75 bits per heavy atom. The van der Waals surface area contributed by atoms with Crippen molar-refractivity contribution in [1.82, 2.24) is 4.37 Å². The summed E-state index contributed by atoms with van der Waals surface area (Å²) in [6, 6.07) is 0. The zero-order valence-corrected chi connectivity index (χ0v) is 10.8. The summed E-state index contributed by atoms with van der Waals surface area (Å²) in [5.41, 5.74) is -0.684. The molecule has 20 heavy (non-hydrogen) atoms. The molecule has 0 aromatic carbocycles. The molecule has 5 nitrogen and oxygen atoms in total. The first kappa shape index (κ1) is 16.3. The minimum absolute atomic E-state index is 0.0540. The Balaban J connectivity index is 3.23. The van der Waals surface area contributed by atoms with Crippen LogP contribution in [0.3, 0.4) is 0 Å². The molecule has 0 aliphatic heterocycles. The number of carbonyl (C=O) groups is 2. The molecule has 0 bridgehead atoms. The number of carboxylic acid groups (broad SMARTS) is 1. The molecule has 0 radical (unpaired) electrons. The number of nitrogens with zero attached hydrogens (tertiary/aromatic N) is 2. The van der Waals surface area contributed by atoms with Gasteiger partial charge in [0.1, 0.15) is 10.6 Å². The summed E-state index contributed by atoms with van der Waals surface area (Å²) in [5, 5.41) is 8.25. The van der Waals surface area contributed by atoms with Crippen molar-refractivity contribution in [2.45, 2.75) is 19.0 Å². The lowest BCUT2D eigenvalue weighted by Gasteiger charge is -2.24. The Hall–Kier alpha value is -1.78. The number of carboxylic acids is 1. The molecule has 1 aromatic rings. The van der Waals surface area contributed by atoms with E-state index >= 15 is 0 Å². The van der Waals surface area contributed by atoms with Crippen LogP contribution in [0.4, 0.5) is 27.0 Å². The van der Waals surface area contributed by atoms with Crippen LogP contribution in [-0.4, -0.2) is 40.5 Å². The van der Waals surface area contributed by atoms with E-state index in [0.717, 1.165) is 0 Å². The first-order chi connectivity index (χ1) is 8.91. The summed E-state index contributed by atoms with van der Waals surface area (Å²) in [6.45, 7) is 1.23. The quantitative estimate of drug-likeness (QED) is 0.868. The number of hydrogen-bond donors (Lipinski definition) is 1. The van der Waals surface area contributed by atoms with E-state index in [1.54, 1.807) is 0 Å².